The minimum Gasteiger partial charge on any atom is -0.378 e. The van der Waals surface area contributed by atoms with Gasteiger partial charge in [0.2, 0.25) is 17.6 Å². The highest BCUT2D eigenvalue weighted by atomic mass is 35.5. The quantitative estimate of drug-likeness (QED) is 0.857. The summed E-state index contributed by atoms with van der Waals surface area (Å²) in [4.78, 5) is 16.1. The second-order valence-electron chi connectivity index (χ2n) is 5.23. The summed E-state index contributed by atoms with van der Waals surface area (Å²) in [5.41, 5.74) is 0.805. The number of ether oxygens (including phenoxy) is 1. The summed E-state index contributed by atoms with van der Waals surface area (Å²) in [5.74, 6) is 0.739. The molecule has 3 rings (SSSR count). The molecule has 0 spiro atoms. The first-order valence-corrected chi connectivity index (χ1v) is 7.75. The zero-order valence-corrected chi connectivity index (χ0v) is 13.2. The number of hydrogen-bond acceptors (Lipinski definition) is 6. The van der Waals surface area contributed by atoms with E-state index in [-0.39, 0.29) is 18.5 Å². The molecule has 2 aromatic rings. The molecular weight excluding hydrogens is 320 g/mol. The number of benzene rings is 1. The van der Waals surface area contributed by atoms with Gasteiger partial charge in [0, 0.05) is 29.6 Å². The number of carbonyl (C=O) groups excluding carboxylic acids is 1. The van der Waals surface area contributed by atoms with E-state index < -0.39 is 0 Å². The number of nitrogens with one attached hydrogen (secondary N) is 2. The Morgan fingerprint density at radius 1 is 1.39 bits per heavy atom. The summed E-state index contributed by atoms with van der Waals surface area (Å²) in [6, 6.07) is 7.19. The molecule has 0 aliphatic carbocycles. The van der Waals surface area contributed by atoms with Gasteiger partial charge in [0.25, 0.3) is 0 Å². The van der Waals surface area contributed by atoms with Crippen molar-refractivity contribution >= 4 is 17.5 Å². The van der Waals surface area contributed by atoms with Gasteiger partial charge in [-0.2, -0.15) is 4.98 Å². The minimum atomic E-state index is -0.0840. The third-order valence-electron chi connectivity index (χ3n) is 3.44. The highest BCUT2D eigenvalue weighted by molar-refractivity contribution is 6.30. The molecule has 1 aliphatic heterocycles. The maximum atomic E-state index is 11.9. The fourth-order valence-electron chi connectivity index (χ4n) is 2.26. The number of rotatable bonds is 5. The van der Waals surface area contributed by atoms with Gasteiger partial charge in [-0.05, 0) is 24.3 Å². The van der Waals surface area contributed by atoms with Gasteiger partial charge in [-0.3, -0.25) is 4.79 Å². The molecule has 1 atom stereocenters. The van der Waals surface area contributed by atoms with Crippen LogP contribution in [0.5, 0.6) is 0 Å². The Bertz CT molecular complexity index is 653. The smallest absolute Gasteiger partial charge is 0.246 e. The summed E-state index contributed by atoms with van der Waals surface area (Å²) >= 11 is 5.84. The van der Waals surface area contributed by atoms with Gasteiger partial charge in [0.05, 0.1) is 19.8 Å². The molecule has 1 saturated heterocycles. The van der Waals surface area contributed by atoms with E-state index in [2.05, 4.69) is 20.8 Å². The lowest BCUT2D eigenvalue weighted by Crippen LogP contribution is -2.44. The van der Waals surface area contributed by atoms with E-state index in [1.54, 1.807) is 12.1 Å². The van der Waals surface area contributed by atoms with Crippen LogP contribution in [0.15, 0.2) is 28.8 Å². The average molecular weight is 337 g/mol. The topological polar surface area (TPSA) is 89.3 Å². The molecule has 1 aliphatic rings. The summed E-state index contributed by atoms with van der Waals surface area (Å²) in [7, 11) is 0. The molecule has 0 saturated carbocycles. The van der Waals surface area contributed by atoms with E-state index in [9.17, 15) is 4.79 Å². The number of amides is 1. The molecule has 122 valence electrons. The van der Waals surface area contributed by atoms with Crippen molar-refractivity contribution in [1.29, 1.82) is 0 Å². The summed E-state index contributed by atoms with van der Waals surface area (Å²) in [5, 5.41) is 10.5. The molecule has 2 N–H and O–H groups in total. The fraction of sp³-hybridized carbons (Fsp3) is 0.400. The Kier molecular flexibility index (Phi) is 5.22. The van der Waals surface area contributed by atoms with E-state index in [4.69, 9.17) is 20.9 Å². The van der Waals surface area contributed by atoms with Crippen LogP contribution in [-0.4, -0.2) is 41.8 Å². The molecule has 8 heteroatoms. The maximum Gasteiger partial charge on any atom is 0.246 e. The van der Waals surface area contributed by atoms with Crippen LogP contribution in [0.4, 0.5) is 0 Å². The first kappa shape index (κ1) is 15.9. The summed E-state index contributed by atoms with van der Waals surface area (Å²) < 4.78 is 10.5. The SMILES string of the molecule is O=C(CC1COCCN1)NCc1nc(-c2ccc(Cl)cc2)no1. The normalized spacial score (nSPS) is 17.9. The molecule has 0 radical (unpaired) electrons. The second kappa shape index (κ2) is 7.54. The van der Waals surface area contributed by atoms with Crippen molar-refractivity contribution in [2.45, 2.75) is 19.0 Å². The zero-order chi connectivity index (χ0) is 16.1. The van der Waals surface area contributed by atoms with Gasteiger partial charge in [0.1, 0.15) is 0 Å². The molecule has 1 amide bonds. The van der Waals surface area contributed by atoms with Gasteiger partial charge >= 0.3 is 0 Å². The predicted molar refractivity (Wildman–Crippen MR) is 83.8 cm³/mol. The lowest BCUT2D eigenvalue weighted by molar-refractivity contribution is -0.122. The van der Waals surface area contributed by atoms with Crippen LogP contribution < -0.4 is 10.6 Å². The molecule has 1 unspecified atom stereocenters. The van der Waals surface area contributed by atoms with Crippen LogP contribution in [0.3, 0.4) is 0 Å². The van der Waals surface area contributed by atoms with Gasteiger partial charge in [-0.1, -0.05) is 16.8 Å². The Morgan fingerprint density at radius 3 is 2.96 bits per heavy atom. The van der Waals surface area contributed by atoms with Crippen LogP contribution in [0, 0.1) is 0 Å². The minimum absolute atomic E-state index is 0.0519. The Labute approximate surface area is 138 Å². The average Bonchev–Trinajstić information content (AvgIpc) is 3.04. The largest absolute Gasteiger partial charge is 0.378 e. The molecular formula is C15H17ClN4O3. The van der Waals surface area contributed by atoms with E-state index >= 15 is 0 Å². The highest BCUT2D eigenvalue weighted by Gasteiger charge is 2.17. The van der Waals surface area contributed by atoms with Crippen molar-refractivity contribution < 1.29 is 14.1 Å². The monoisotopic (exact) mass is 336 g/mol. The van der Waals surface area contributed by atoms with Crippen LogP contribution >= 0.6 is 11.6 Å². The van der Waals surface area contributed by atoms with Crippen molar-refractivity contribution in [3.63, 3.8) is 0 Å². The van der Waals surface area contributed by atoms with E-state index in [1.165, 1.54) is 0 Å². The number of carbonyl (C=O) groups is 1. The number of nitrogens with zero attached hydrogens (tertiary/aromatic N) is 2. The number of morpholine rings is 1. The predicted octanol–water partition coefficient (Wildman–Crippen LogP) is 1.38. The lowest BCUT2D eigenvalue weighted by atomic mass is 10.2. The summed E-state index contributed by atoms with van der Waals surface area (Å²) in [6.45, 7) is 2.21. The van der Waals surface area contributed by atoms with Crippen LogP contribution in [0.1, 0.15) is 12.3 Å². The Hall–Kier alpha value is -1.96. The molecule has 0 bridgehead atoms. The highest BCUT2D eigenvalue weighted by Crippen LogP contribution is 2.18. The first-order valence-electron chi connectivity index (χ1n) is 7.37. The maximum absolute atomic E-state index is 11.9. The number of aromatic nitrogens is 2. The van der Waals surface area contributed by atoms with Crippen molar-refractivity contribution in [3.05, 3.63) is 35.2 Å². The van der Waals surface area contributed by atoms with Crippen molar-refractivity contribution in [3.8, 4) is 11.4 Å². The third-order valence-corrected chi connectivity index (χ3v) is 3.69. The van der Waals surface area contributed by atoms with E-state index in [0.29, 0.717) is 36.4 Å². The Morgan fingerprint density at radius 2 is 2.22 bits per heavy atom. The van der Waals surface area contributed by atoms with Gasteiger partial charge < -0.3 is 19.9 Å². The molecule has 1 aromatic heterocycles. The summed E-state index contributed by atoms with van der Waals surface area (Å²) in [6.07, 6.45) is 0.359. The van der Waals surface area contributed by atoms with E-state index in [0.717, 1.165) is 12.1 Å². The fourth-order valence-corrected chi connectivity index (χ4v) is 2.39. The zero-order valence-electron chi connectivity index (χ0n) is 12.4. The molecule has 7 nitrogen and oxygen atoms in total. The van der Waals surface area contributed by atoms with Crippen molar-refractivity contribution in [1.82, 2.24) is 20.8 Å². The first-order chi connectivity index (χ1) is 11.2. The van der Waals surface area contributed by atoms with Crippen LogP contribution in [0.25, 0.3) is 11.4 Å². The second-order valence-corrected chi connectivity index (χ2v) is 5.66. The van der Waals surface area contributed by atoms with Gasteiger partial charge in [-0.25, -0.2) is 0 Å². The van der Waals surface area contributed by atoms with Gasteiger partial charge in [-0.15, -0.1) is 0 Å². The van der Waals surface area contributed by atoms with Crippen LogP contribution in [0.2, 0.25) is 5.02 Å². The van der Waals surface area contributed by atoms with E-state index in [1.807, 2.05) is 12.1 Å². The standard InChI is InChI=1S/C15H17ClN4O3/c16-11-3-1-10(2-4-11)15-19-14(23-20-15)8-18-13(21)7-12-9-22-6-5-17-12/h1-4,12,17H,5-9H2,(H,18,21). The molecule has 1 aromatic carbocycles. The number of hydrogen-bond donors (Lipinski definition) is 2. The lowest BCUT2D eigenvalue weighted by Gasteiger charge is -2.23. The molecule has 1 fully saturated rings. The molecule has 2 heterocycles. The van der Waals surface area contributed by atoms with Crippen molar-refractivity contribution in [2.24, 2.45) is 0 Å². The molecule has 23 heavy (non-hydrogen) atoms. The van der Waals surface area contributed by atoms with Crippen molar-refractivity contribution in [2.75, 3.05) is 19.8 Å². The van der Waals surface area contributed by atoms with Gasteiger partial charge in [0.15, 0.2) is 0 Å². The Balaban J connectivity index is 1.50. The van der Waals surface area contributed by atoms with Crippen LogP contribution in [-0.2, 0) is 16.1 Å². The number of halogens is 1. The third kappa shape index (κ3) is 4.51.